The number of hydrogen-bond acceptors (Lipinski definition) is 5. The van der Waals surface area contributed by atoms with Crippen LogP contribution in [0.25, 0.3) is 0 Å². The van der Waals surface area contributed by atoms with Crippen molar-refractivity contribution >= 4 is 23.1 Å². The van der Waals surface area contributed by atoms with E-state index in [0.29, 0.717) is 12.0 Å². The number of carbonyl (C=O) groups excluding carboxylic acids is 1. The van der Waals surface area contributed by atoms with Gasteiger partial charge in [0.25, 0.3) is 11.4 Å². The van der Waals surface area contributed by atoms with Crippen molar-refractivity contribution in [3.63, 3.8) is 0 Å². The third-order valence-electron chi connectivity index (χ3n) is 2.89. The van der Waals surface area contributed by atoms with E-state index < -0.39 is 21.6 Å². The van der Waals surface area contributed by atoms with E-state index in [1.807, 2.05) is 0 Å². The van der Waals surface area contributed by atoms with Gasteiger partial charge in [0.2, 0.25) is 0 Å². The van der Waals surface area contributed by atoms with Crippen LogP contribution in [0.3, 0.4) is 0 Å². The summed E-state index contributed by atoms with van der Waals surface area (Å²) in [5.74, 6) is 0. The molecule has 9 nitrogen and oxygen atoms in total. The smallest absolute Gasteiger partial charge is 0.321 e. The molecule has 0 saturated heterocycles. The van der Waals surface area contributed by atoms with Crippen molar-refractivity contribution in [3.8, 4) is 0 Å². The average molecular weight is 266 g/mol. The standard InChI is InChI=1S/C10H10N4O5/c1-11-10(15)12-3-2-6-4-7(13(16)17)5-8(9(6)12)14(18)19/h4-5H,2-3H2,1H3,(H,11,15). The predicted molar refractivity (Wildman–Crippen MR) is 65.3 cm³/mol. The summed E-state index contributed by atoms with van der Waals surface area (Å²) < 4.78 is 0. The zero-order valence-electron chi connectivity index (χ0n) is 9.95. The minimum atomic E-state index is -0.715. The van der Waals surface area contributed by atoms with Gasteiger partial charge in [-0.25, -0.2) is 4.79 Å². The van der Waals surface area contributed by atoms with E-state index in [0.717, 1.165) is 6.07 Å². The average Bonchev–Trinajstić information content (AvgIpc) is 2.80. The fourth-order valence-electron chi connectivity index (χ4n) is 2.09. The summed E-state index contributed by atoms with van der Waals surface area (Å²) in [5.41, 5.74) is -0.200. The first-order chi connectivity index (χ1) is 8.95. The van der Waals surface area contributed by atoms with Gasteiger partial charge >= 0.3 is 6.03 Å². The summed E-state index contributed by atoms with van der Waals surface area (Å²) in [7, 11) is 1.41. The van der Waals surface area contributed by atoms with Gasteiger partial charge in [0, 0.05) is 19.7 Å². The van der Waals surface area contributed by atoms with Crippen molar-refractivity contribution in [2.75, 3.05) is 18.5 Å². The lowest BCUT2D eigenvalue weighted by Gasteiger charge is -2.16. The zero-order chi connectivity index (χ0) is 14.2. The highest BCUT2D eigenvalue weighted by Gasteiger charge is 2.34. The van der Waals surface area contributed by atoms with Gasteiger partial charge in [0.15, 0.2) is 0 Å². The fraction of sp³-hybridized carbons (Fsp3) is 0.300. The number of non-ortho nitro benzene ring substituents is 1. The Bertz CT molecular complexity index is 586. The Balaban J connectivity index is 2.61. The molecule has 0 unspecified atom stereocenters. The van der Waals surface area contributed by atoms with E-state index in [2.05, 4.69) is 5.32 Å². The molecule has 0 saturated carbocycles. The first-order valence-electron chi connectivity index (χ1n) is 5.40. The summed E-state index contributed by atoms with van der Waals surface area (Å²) in [6, 6.07) is 1.67. The predicted octanol–water partition coefficient (Wildman–Crippen LogP) is 1.20. The van der Waals surface area contributed by atoms with E-state index in [9.17, 15) is 25.0 Å². The van der Waals surface area contributed by atoms with Gasteiger partial charge in [-0.15, -0.1) is 0 Å². The molecular formula is C10H10N4O5. The third kappa shape index (κ3) is 2.05. The SMILES string of the molecule is CNC(=O)N1CCc2cc([N+](=O)[O-])cc([N+](=O)[O-])c21. The monoisotopic (exact) mass is 266 g/mol. The number of nitro benzene ring substituents is 2. The number of fused-ring (bicyclic) bond motifs is 1. The van der Waals surface area contributed by atoms with E-state index >= 15 is 0 Å². The number of nitrogens with one attached hydrogen (secondary N) is 1. The maximum atomic E-state index is 11.6. The van der Waals surface area contributed by atoms with Gasteiger partial charge in [0.1, 0.15) is 5.69 Å². The Morgan fingerprint density at radius 3 is 2.53 bits per heavy atom. The molecule has 19 heavy (non-hydrogen) atoms. The molecule has 0 atom stereocenters. The number of carbonyl (C=O) groups is 1. The molecule has 0 aromatic heterocycles. The molecule has 1 heterocycles. The molecule has 100 valence electrons. The molecule has 1 aromatic carbocycles. The minimum Gasteiger partial charge on any atom is -0.341 e. The van der Waals surface area contributed by atoms with Crippen LogP contribution in [0.1, 0.15) is 5.56 Å². The molecule has 1 N–H and O–H groups in total. The number of amides is 2. The molecule has 2 rings (SSSR count). The van der Waals surface area contributed by atoms with Crippen molar-refractivity contribution in [1.82, 2.24) is 5.32 Å². The van der Waals surface area contributed by atoms with Crippen LogP contribution in [-0.2, 0) is 6.42 Å². The lowest BCUT2D eigenvalue weighted by molar-refractivity contribution is -0.393. The van der Waals surface area contributed by atoms with Gasteiger partial charge < -0.3 is 5.32 Å². The molecule has 0 bridgehead atoms. The van der Waals surface area contributed by atoms with Crippen molar-refractivity contribution in [2.24, 2.45) is 0 Å². The van der Waals surface area contributed by atoms with Gasteiger partial charge in [-0.05, 0) is 12.0 Å². The van der Waals surface area contributed by atoms with Crippen LogP contribution in [0.2, 0.25) is 0 Å². The lowest BCUT2D eigenvalue weighted by Crippen LogP contribution is -2.37. The van der Waals surface area contributed by atoms with Crippen LogP contribution in [0.5, 0.6) is 0 Å². The number of urea groups is 1. The van der Waals surface area contributed by atoms with Gasteiger partial charge in [0.05, 0.1) is 15.9 Å². The van der Waals surface area contributed by atoms with Crippen LogP contribution in [0, 0.1) is 20.2 Å². The number of hydrogen-bond donors (Lipinski definition) is 1. The third-order valence-corrected chi connectivity index (χ3v) is 2.89. The van der Waals surface area contributed by atoms with E-state index in [-0.39, 0.29) is 17.9 Å². The molecule has 2 amide bonds. The first kappa shape index (κ1) is 12.7. The maximum absolute atomic E-state index is 11.6. The lowest BCUT2D eigenvalue weighted by atomic mass is 10.1. The Morgan fingerprint density at radius 1 is 1.32 bits per heavy atom. The normalized spacial score (nSPS) is 13.0. The highest BCUT2D eigenvalue weighted by atomic mass is 16.6. The molecule has 1 aliphatic rings. The Kier molecular flexibility index (Phi) is 3.03. The quantitative estimate of drug-likeness (QED) is 0.637. The summed E-state index contributed by atoms with van der Waals surface area (Å²) in [6.07, 6.45) is 0.352. The highest BCUT2D eigenvalue weighted by molar-refractivity contribution is 5.97. The van der Waals surface area contributed by atoms with Crippen LogP contribution >= 0.6 is 0 Å². The fourth-order valence-corrected chi connectivity index (χ4v) is 2.09. The second-order valence-corrected chi connectivity index (χ2v) is 3.94. The molecule has 0 fully saturated rings. The number of nitrogens with zero attached hydrogens (tertiary/aromatic N) is 3. The maximum Gasteiger partial charge on any atom is 0.321 e. The van der Waals surface area contributed by atoms with Gasteiger partial charge in [-0.3, -0.25) is 25.1 Å². The van der Waals surface area contributed by atoms with Gasteiger partial charge in [-0.1, -0.05) is 0 Å². The van der Waals surface area contributed by atoms with Crippen molar-refractivity contribution in [2.45, 2.75) is 6.42 Å². The molecule has 9 heteroatoms. The van der Waals surface area contributed by atoms with Crippen LogP contribution in [-0.4, -0.2) is 29.5 Å². The second kappa shape index (κ2) is 4.52. The highest BCUT2D eigenvalue weighted by Crippen LogP contribution is 2.40. The van der Waals surface area contributed by atoms with E-state index in [1.54, 1.807) is 0 Å². The van der Waals surface area contributed by atoms with Crippen molar-refractivity contribution in [3.05, 3.63) is 37.9 Å². The molecule has 0 spiro atoms. The summed E-state index contributed by atoms with van der Waals surface area (Å²) in [5, 5.41) is 24.1. The molecule has 0 aliphatic carbocycles. The summed E-state index contributed by atoms with van der Waals surface area (Å²) in [6.45, 7) is 0.261. The number of nitro groups is 2. The van der Waals surface area contributed by atoms with Crippen molar-refractivity contribution in [1.29, 1.82) is 0 Å². The number of anilines is 1. The largest absolute Gasteiger partial charge is 0.341 e. The van der Waals surface area contributed by atoms with Crippen LogP contribution in [0.4, 0.5) is 21.9 Å². The van der Waals surface area contributed by atoms with Gasteiger partial charge in [-0.2, -0.15) is 0 Å². The Morgan fingerprint density at radius 2 is 2.00 bits per heavy atom. The zero-order valence-corrected chi connectivity index (χ0v) is 9.95. The Labute approximate surface area is 107 Å². The van der Waals surface area contributed by atoms with E-state index in [4.69, 9.17) is 0 Å². The Hall–Kier alpha value is -2.71. The molecule has 1 aromatic rings. The van der Waals surface area contributed by atoms with Crippen molar-refractivity contribution < 1.29 is 14.6 Å². The van der Waals surface area contributed by atoms with Crippen LogP contribution < -0.4 is 10.2 Å². The number of rotatable bonds is 2. The molecule has 1 aliphatic heterocycles. The number of benzene rings is 1. The molecular weight excluding hydrogens is 256 g/mol. The molecule has 0 radical (unpaired) electrons. The second-order valence-electron chi connectivity index (χ2n) is 3.94. The summed E-state index contributed by atoms with van der Waals surface area (Å²) >= 11 is 0. The van der Waals surface area contributed by atoms with Crippen LogP contribution in [0.15, 0.2) is 12.1 Å². The minimum absolute atomic E-state index is 0.134. The first-order valence-corrected chi connectivity index (χ1v) is 5.40. The topological polar surface area (TPSA) is 119 Å². The summed E-state index contributed by atoms with van der Waals surface area (Å²) in [4.78, 5) is 33.2. The van der Waals surface area contributed by atoms with E-state index in [1.165, 1.54) is 18.0 Å².